The van der Waals surface area contributed by atoms with Crippen LogP contribution in [0.2, 0.25) is 5.02 Å². The van der Waals surface area contributed by atoms with Gasteiger partial charge in [0.15, 0.2) is 0 Å². The van der Waals surface area contributed by atoms with Crippen molar-refractivity contribution < 1.29 is 0 Å². The molecule has 1 atom stereocenters. The van der Waals surface area contributed by atoms with Crippen LogP contribution >= 0.6 is 11.6 Å². The number of hydrogen-bond acceptors (Lipinski definition) is 1. The predicted octanol–water partition coefficient (Wildman–Crippen LogP) is 5.14. The van der Waals surface area contributed by atoms with Crippen LogP contribution in [0.15, 0.2) is 48.5 Å². The zero-order valence-corrected chi connectivity index (χ0v) is 13.1. The lowest BCUT2D eigenvalue weighted by Gasteiger charge is -2.23. The number of halogens is 1. The highest BCUT2D eigenvalue weighted by Crippen LogP contribution is 2.23. The molecule has 0 spiro atoms. The van der Waals surface area contributed by atoms with Crippen LogP contribution in [0.4, 0.5) is 0 Å². The maximum atomic E-state index is 5.96. The van der Waals surface area contributed by atoms with E-state index in [9.17, 15) is 0 Å². The Bertz CT molecular complexity index is 528. The number of aryl methyl sites for hydroxylation is 1. The smallest absolute Gasteiger partial charge is 0.0406 e. The van der Waals surface area contributed by atoms with Crippen molar-refractivity contribution in [3.8, 4) is 0 Å². The van der Waals surface area contributed by atoms with Crippen molar-refractivity contribution in [3.05, 3.63) is 70.2 Å². The lowest BCUT2D eigenvalue weighted by molar-refractivity contribution is 0.410. The van der Waals surface area contributed by atoms with Crippen LogP contribution < -0.4 is 5.32 Å². The normalized spacial score (nSPS) is 12.7. The van der Waals surface area contributed by atoms with Gasteiger partial charge in [-0.1, -0.05) is 67.4 Å². The molecular formula is C18H22ClN. The first-order chi connectivity index (χ1) is 9.56. The Morgan fingerprint density at radius 1 is 0.950 bits per heavy atom. The van der Waals surface area contributed by atoms with Crippen LogP contribution in [-0.2, 0) is 6.54 Å². The van der Waals surface area contributed by atoms with E-state index in [4.69, 9.17) is 11.6 Å². The summed E-state index contributed by atoms with van der Waals surface area (Å²) in [5.41, 5.74) is 3.90. The molecule has 0 aliphatic rings. The van der Waals surface area contributed by atoms with Gasteiger partial charge in [-0.3, -0.25) is 0 Å². The Balaban J connectivity index is 2.06. The summed E-state index contributed by atoms with van der Waals surface area (Å²) in [4.78, 5) is 0. The summed E-state index contributed by atoms with van der Waals surface area (Å²) < 4.78 is 0. The van der Waals surface area contributed by atoms with Crippen LogP contribution in [0.25, 0.3) is 0 Å². The van der Waals surface area contributed by atoms with Gasteiger partial charge in [0.1, 0.15) is 0 Å². The van der Waals surface area contributed by atoms with E-state index in [1.165, 1.54) is 16.7 Å². The van der Waals surface area contributed by atoms with Crippen molar-refractivity contribution >= 4 is 11.6 Å². The lowest BCUT2D eigenvalue weighted by Crippen LogP contribution is -2.25. The third-order valence-electron chi connectivity index (χ3n) is 3.54. The minimum Gasteiger partial charge on any atom is -0.306 e. The molecule has 0 saturated heterocycles. The van der Waals surface area contributed by atoms with Crippen molar-refractivity contribution in [1.82, 2.24) is 5.32 Å². The van der Waals surface area contributed by atoms with E-state index in [-0.39, 0.29) is 0 Å². The largest absolute Gasteiger partial charge is 0.306 e. The standard InChI is InChI=1S/C18H22ClN/c1-13(2)18(16-8-10-17(19)11-9-16)20-12-15-6-4-14(3)5-7-15/h4-11,13,18,20H,12H2,1-3H3. The second-order valence-corrected chi connectivity index (χ2v) is 6.08. The molecule has 2 heteroatoms. The molecular weight excluding hydrogens is 266 g/mol. The quantitative estimate of drug-likeness (QED) is 0.803. The number of hydrogen-bond donors (Lipinski definition) is 1. The zero-order valence-electron chi connectivity index (χ0n) is 12.4. The summed E-state index contributed by atoms with van der Waals surface area (Å²) >= 11 is 5.96. The topological polar surface area (TPSA) is 12.0 Å². The highest BCUT2D eigenvalue weighted by molar-refractivity contribution is 6.30. The van der Waals surface area contributed by atoms with Crippen molar-refractivity contribution in [2.75, 3.05) is 0 Å². The minimum absolute atomic E-state index is 0.341. The molecule has 1 unspecified atom stereocenters. The van der Waals surface area contributed by atoms with Gasteiger partial charge in [0.2, 0.25) is 0 Å². The summed E-state index contributed by atoms with van der Waals surface area (Å²) in [6.45, 7) is 7.47. The van der Waals surface area contributed by atoms with Gasteiger partial charge in [0.25, 0.3) is 0 Å². The molecule has 0 amide bonds. The Hall–Kier alpha value is -1.31. The van der Waals surface area contributed by atoms with Crippen molar-refractivity contribution in [3.63, 3.8) is 0 Å². The fourth-order valence-corrected chi connectivity index (χ4v) is 2.47. The fraction of sp³-hybridized carbons (Fsp3) is 0.333. The molecule has 0 saturated carbocycles. The molecule has 0 radical (unpaired) electrons. The summed E-state index contributed by atoms with van der Waals surface area (Å²) in [5.74, 6) is 0.529. The van der Waals surface area contributed by atoms with E-state index in [1.54, 1.807) is 0 Å². The van der Waals surface area contributed by atoms with E-state index in [2.05, 4.69) is 62.5 Å². The van der Waals surface area contributed by atoms with E-state index in [0.29, 0.717) is 12.0 Å². The first-order valence-corrected chi connectivity index (χ1v) is 7.48. The molecule has 2 aromatic carbocycles. The van der Waals surface area contributed by atoms with Crippen molar-refractivity contribution in [2.45, 2.75) is 33.4 Å². The Labute approximate surface area is 127 Å². The summed E-state index contributed by atoms with van der Waals surface area (Å²) in [7, 11) is 0. The highest BCUT2D eigenvalue weighted by atomic mass is 35.5. The molecule has 0 aromatic heterocycles. The maximum Gasteiger partial charge on any atom is 0.0406 e. The summed E-state index contributed by atoms with van der Waals surface area (Å²) in [5, 5.41) is 4.43. The zero-order chi connectivity index (χ0) is 14.5. The average Bonchev–Trinajstić information content (AvgIpc) is 2.43. The molecule has 0 aliphatic heterocycles. The first kappa shape index (κ1) is 15.1. The molecule has 0 bridgehead atoms. The molecule has 2 aromatic rings. The van der Waals surface area contributed by atoms with E-state index in [0.717, 1.165) is 11.6 Å². The molecule has 0 aliphatic carbocycles. The average molecular weight is 288 g/mol. The van der Waals surface area contributed by atoms with Crippen LogP contribution in [0.5, 0.6) is 0 Å². The van der Waals surface area contributed by atoms with Gasteiger partial charge in [-0.2, -0.15) is 0 Å². The summed E-state index contributed by atoms with van der Waals surface area (Å²) in [6, 6.07) is 17.1. The number of rotatable bonds is 5. The first-order valence-electron chi connectivity index (χ1n) is 7.10. The predicted molar refractivity (Wildman–Crippen MR) is 87.0 cm³/mol. The number of nitrogens with one attached hydrogen (secondary N) is 1. The second kappa shape index (κ2) is 6.92. The minimum atomic E-state index is 0.341. The van der Waals surface area contributed by atoms with Crippen LogP contribution in [0.1, 0.15) is 36.6 Å². The maximum absolute atomic E-state index is 5.96. The molecule has 1 nitrogen and oxygen atoms in total. The van der Waals surface area contributed by atoms with Crippen molar-refractivity contribution in [1.29, 1.82) is 0 Å². The van der Waals surface area contributed by atoms with Crippen LogP contribution in [0, 0.1) is 12.8 Å². The Kier molecular flexibility index (Phi) is 5.22. The molecule has 0 heterocycles. The van der Waals surface area contributed by atoms with Gasteiger partial charge in [0.05, 0.1) is 0 Å². The van der Waals surface area contributed by atoms with Gasteiger partial charge < -0.3 is 5.32 Å². The third kappa shape index (κ3) is 4.09. The highest BCUT2D eigenvalue weighted by Gasteiger charge is 2.14. The number of benzene rings is 2. The van der Waals surface area contributed by atoms with Crippen LogP contribution in [-0.4, -0.2) is 0 Å². The van der Waals surface area contributed by atoms with Gasteiger partial charge in [-0.25, -0.2) is 0 Å². The molecule has 0 fully saturated rings. The van der Waals surface area contributed by atoms with Gasteiger partial charge in [-0.05, 0) is 36.1 Å². The van der Waals surface area contributed by atoms with Gasteiger partial charge in [-0.15, -0.1) is 0 Å². The fourth-order valence-electron chi connectivity index (χ4n) is 2.34. The van der Waals surface area contributed by atoms with Gasteiger partial charge in [0, 0.05) is 17.6 Å². The monoisotopic (exact) mass is 287 g/mol. The second-order valence-electron chi connectivity index (χ2n) is 5.64. The van der Waals surface area contributed by atoms with Crippen LogP contribution in [0.3, 0.4) is 0 Å². The summed E-state index contributed by atoms with van der Waals surface area (Å²) in [6.07, 6.45) is 0. The lowest BCUT2D eigenvalue weighted by atomic mass is 9.96. The SMILES string of the molecule is Cc1ccc(CNC(c2ccc(Cl)cc2)C(C)C)cc1. The van der Waals surface area contributed by atoms with E-state index in [1.807, 2.05) is 12.1 Å². The Morgan fingerprint density at radius 2 is 1.55 bits per heavy atom. The Morgan fingerprint density at radius 3 is 2.10 bits per heavy atom. The molecule has 106 valence electrons. The third-order valence-corrected chi connectivity index (χ3v) is 3.79. The molecule has 2 rings (SSSR count). The van der Waals surface area contributed by atoms with Gasteiger partial charge >= 0.3 is 0 Å². The van der Waals surface area contributed by atoms with E-state index < -0.39 is 0 Å². The van der Waals surface area contributed by atoms with Crippen molar-refractivity contribution in [2.24, 2.45) is 5.92 Å². The van der Waals surface area contributed by atoms with E-state index >= 15 is 0 Å². The molecule has 1 N–H and O–H groups in total. The molecule has 20 heavy (non-hydrogen) atoms.